The van der Waals surface area contributed by atoms with E-state index in [1.807, 2.05) is 36.4 Å². The lowest BCUT2D eigenvalue weighted by atomic mass is 9.64. The SMILES string of the molecule is C=CCOC(=O)N(C)[C@@H]1[C@@H](COC(C)=O)[C@H]2C=C[C@]3(C(=O)N(COC)c4ccccc43)[C@@H]1C2=CC(=O)OC(C)(C)C. The van der Waals surface area contributed by atoms with Crippen molar-refractivity contribution in [2.75, 3.05) is 39.0 Å². The zero-order valence-corrected chi connectivity index (χ0v) is 24.4. The lowest BCUT2D eigenvalue weighted by molar-refractivity contribution is -0.148. The maximum absolute atomic E-state index is 14.5. The summed E-state index contributed by atoms with van der Waals surface area (Å²) in [5.41, 5.74) is 0.000295. The molecule has 10 nitrogen and oxygen atoms in total. The van der Waals surface area contributed by atoms with Crippen molar-refractivity contribution in [2.24, 2.45) is 17.8 Å². The number of allylic oxidation sites excluding steroid dienone is 1. The summed E-state index contributed by atoms with van der Waals surface area (Å²) in [5.74, 6) is -2.90. The quantitative estimate of drug-likeness (QED) is 0.202. The Balaban J connectivity index is 1.95. The maximum atomic E-state index is 14.5. The summed E-state index contributed by atoms with van der Waals surface area (Å²) in [7, 11) is 3.10. The summed E-state index contributed by atoms with van der Waals surface area (Å²) in [4.78, 5) is 55.9. The molecule has 1 saturated carbocycles. The fourth-order valence-corrected chi connectivity index (χ4v) is 6.42. The van der Waals surface area contributed by atoms with E-state index in [0.717, 1.165) is 5.56 Å². The summed E-state index contributed by atoms with van der Waals surface area (Å²) in [6.45, 7) is 10.2. The first kappa shape index (κ1) is 30.0. The number of hydrogen-bond acceptors (Lipinski definition) is 8. The van der Waals surface area contributed by atoms with Gasteiger partial charge in [0.05, 0.1) is 12.3 Å². The lowest BCUT2D eigenvalue weighted by Gasteiger charge is -2.41. The Labute approximate surface area is 240 Å². The van der Waals surface area contributed by atoms with Crippen LogP contribution in [0, 0.1) is 17.8 Å². The number of rotatable bonds is 8. The van der Waals surface area contributed by atoms with Gasteiger partial charge in [0.15, 0.2) is 0 Å². The maximum Gasteiger partial charge on any atom is 0.410 e. The van der Waals surface area contributed by atoms with Gasteiger partial charge in [0.25, 0.3) is 0 Å². The van der Waals surface area contributed by atoms with Crippen LogP contribution < -0.4 is 4.90 Å². The second-order valence-corrected chi connectivity index (χ2v) is 11.5. The van der Waals surface area contributed by atoms with Gasteiger partial charge in [-0.15, -0.1) is 0 Å². The fourth-order valence-electron chi connectivity index (χ4n) is 6.42. The molecule has 41 heavy (non-hydrogen) atoms. The normalized spacial score (nSPS) is 27.1. The molecule has 1 aromatic carbocycles. The molecule has 2 aliphatic carbocycles. The molecule has 220 valence electrons. The van der Waals surface area contributed by atoms with Crippen LogP contribution >= 0.6 is 0 Å². The van der Waals surface area contributed by atoms with Gasteiger partial charge < -0.3 is 23.8 Å². The van der Waals surface area contributed by atoms with Gasteiger partial charge in [0.1, 0.15) is 24.4 Å². The molecule has 4 rings (SSSR count). The van der Waals surface area contributed by atoms with Crippen molar-refractivity contribution in [3.05, 3.63) is 66.3 Å². The summed E-state index contributed by atoms with van der Waals surface area (Å²) in [5, 5.41) is 0. The number of nitrogens with zero attached hydrogens (tertiary/aromatic N) is 2. The molecular weight excluding hydrogens is 528 g/mol. The molecule has 5 atom stereocenters. The Morgan fingerprint density at radius 3 is 2.51 bits per heavy atom. The van der Waals surface area contributed by atoms with Gasteiger partial charge in [0.2, 0.25) is 5.91 Å². The van der Waals surface area contributed by atoms with Gasteiger partial charge in [-0.25, -0.2) is 9.59 Å². The first-order chi connectivity index (χ1) is 19.4. The number of esters is 2. The van der Waals surface area contributed by atoms with E-state index in [9.17, 15) is 19.2 Å². The van der Waals surface area contributed by atoms with Crippen LogP contribution in [0.3, 0.4) is 0 Å². The minimum absolute atomic E-state index is 0.00796. The third kappa shape index (κ3) is 5.40. The second-order valence-electron chi connectivity index (χ2n) is 11.5. The molecule has 1 aromatic rings. The molecule has 3 aliphatic rings. The zero-order chi connectivity index (χ0) is 30.1. The molecule has 1 spiro atoms. The summed E-state index contributed by atoms with van der Waals surface area (Å²) < 4.78 is 21.9. The van der Waals surface area contributed by atoms with Crippen LogP contribution in [0.1, 0.15) is 33.3 Å². The molecular formula is C31H38N2O8. The van der Waals surface area contributed by atoms with Crippen LogP contribution in [0.15, 0.2) is 60.7 Å². The number of amides is 2. The molecule has 0 aromatic heterocycles. The van der Waals surface area contributed by atoms with Crippen LogP contribution in [0.4, 0.5) is 10.5 Å². The van der Waals surface area contributed by atoms with Crippen molar-refractivity contribution in [3.63, 3.8) is 0 Å². The van der Waals surface area contributed by atoms with Crippen molar-refractivity contribution >= 4 is 29.6 Å². The molecule has 1 heterocycles. The summed E-state index contributed by atoms with van der Waals surface area (Å²) in [6, 6.07) is 6.73. The number of carbonyl (C=O) groups excluding carboxylic acids is 4. The van der Waals surface area contributed by atoms with Crippen LogP contribution in [0.5, 0.6) is 0 Å². The molecule has 1 aliphatic heterocycles. The average molecular weight is 567 g/mol. The number of hydrogen-bond donors (Lipinski definition) is 0. The first-order valence-electron chi connectivity index (χ1n) is 13.6. The average Bonchev–Trinajstić information content (AvgIpc) is 3.25. The van der Waals surface area contributed by atoms with E-state index in [-0.39, 0.29) is 25.9 Å². The first-order valence-corrected chi connectivity index (χ1v) is 13.6. The van der Waals surface area contributed by atoms with E-state index >= 15 is 0 Å². The molecule has 10 heteroatoms. The Morgan fingerprint density at radius 2 is 1.88 bits per heavy atom. The van der Waals surface area contributed by atoms with Crippen molar-refractivity contribution < 1.29 is 38.1 Å². The van der Waals surface area contributed by atoms with Crippen LogP contribution in [0.25, 0.3) is 0 Å². The molecule has 0 saturated heterocycles. The van der Waals surface area contributed by atoms with Crippen molar-refractivity contribution in [1.29, 1.82) is 0 Å². The Hall–Kier alpha value is -3.92. The highest BCUT2D eigenvalue weighted by molar-refractivity contribution is 6.10. The Morgan fingerprint density at radius 1 is 1.17 bits per heavy atom. The minimum atomic E-state index is -1.28. The van der Waals surface area contributed by atoms with Crippen molar-refractivity contribution in [3.8, 4) is 0 Å². The largest absolute Gasteiger partial charge is 0.465 e. The smallest absolute Gasteiger partial charge is 0.410 e. The third-order valence-electron chi connectivity index (χ3n) is 7.77. The predicted octanol–water partition coefficient (Wildman–Crippen LogP) is 3.76. The highest BCUT2D eigenvalue weighted by Gasteiger charge is 2.65. The number of para-hydroxylation sites is 1. The molecule has 1 fully saturated rings. The molecule has 0 unspecified atom stereocenters. The molecule has 0 N–H and O–H groups in total. The second kappa shape index (κ2) is 11.5. The zero-order valence-electron chi connectivity index (χ0n) is 24.4. The number of benzene rings is 1. The third-order valence-corrected chi connectivity index (χ3v) is 7.77. The van der Waals surface area contributed by atoms with Gasteiger partial charge >= 0.3 is 18.0 Å². The van der Waals surface area contributed by atoms with Crippen LogP contribution in [-0.2, 0) is 38.7 Å². The number of fused-ring (bicyclic) bond motifs is 5. The molecule has 0 radical (unpaired) electrons. The van der Waals surface area contributed by atoms with Gasteiger partial charge in [0, 0.05) is 51.0 Å². The highest BCUT2D eigenvalue weighted by Crippen LogP contribution is 2.61. The number of ether oxygens (including phenoxy) is 4. The van der Waals surface area contributed by atoms with E-state index in [2.05, 4.69) is 6.58 Å². The van der Waals surface area contributed by atoms with Gasteiger partial charge in [-0.3, -0.25) is 14.5 Å². The van der Waals surface area contributed by atoms with E-state index in [0.29, 0.717) is 11.3 Å². The standard InChI is InChI=1S/C31H38N2O8/c1-8-15-39-29(37)32(6)27-22(17-40-19(2)34)20-13-14-31(26(27)21(20)16-25(35)41-30(3,4)5)23-11-9-10-12-24(23)33(18-38-7)28(31)36/h8-14,16,20,22,26-27H,1,15,17-18H2,2-7H3/t20-,22-,26+,27+,31+/m0/s1. The Kier molecular flexibility index (Phi) is 8.44. The van der Waals surface area contributed by atoms with Crippen molar-refractivity contribution in [2.45, 2.75) is 44.8 Å². The van der Waals surface area contributed by atoms with E-state index in [1.54, 1.807) is 32.7 Å². The molecule has 2 amide bonds. The van der Waals surface area contributed by atoms with E-state index in [4.69, 9.17) is 18.9 Å². The topological polar surface area (TPSA) is 112 Å². The summed E-state index contributed by atoms with van der Waals surface area (Å²) in [6.07, 6.45) is 6.02. The Bertz CT molecular complexity index is 1300. The summed E-state index contributed by atoms with van der Waals surface area (Å²) >= 11 is 0. The predicted molar refractivity (Wildman–Crippen MR) is 151 cm³/mol. The van der Waals surface area contributed by atoms with Crippen LogP contribution in [0.2, 0.25) is 0 Å². The molecule has 2 bridgehead atoms. The van der Waals surface area contributed by atoms with Crippen molar-refractivity contribution in [1.82, 2.24) is 4.90 Å². The van der Waals surface area contributed by atoms with E-state index < -0.39 is 52.8 Å². The monoisotopic (exact) mass is 566 g/mol. The van der Waals surface area contributed by atoms with Gasteiger partial charge in [-0.1, -0.05) is 43.0 Å². The van der Waals surface area contributed by atoms with Gasteiger partial charge in [-0.05, 0) is 38.0 Å². The fraction of sp³-hybridized carbons (Fsp3) is 0.484. The highest BCUT2D eigenvalue weighted by atomic mass is 16.6. The number of carbonyl (C=O) groups is 4. The van der Waals surface area contributed by atoms with Crippen LogP contribution in [-0.4, -0.2) is 74.6 Å². The van der Waals surface area contributed by atoms with Gasteiger partial charge in [-0.2, -0.15) is 0 Å². The number of anilines is 1. The number of methoxy groups -OCH3 is 1. The van der Waals surface area contributed by atoms with E-state index in [1.165, 1.54) is 31.1 Å². The minimum Gasteiger partial charge on any atom is -0.465 e. The lowest BCUT2D eigenvalue weighted by Crippen LogP contribution is -2.54.